The van der Waals surface area contributed by atoms with Gasteiger partial charge in [-0.05, 0) is 43.6 Å². The first-order valence-electron chi connectivity index (χ1n) is 8.28. The van der Waals surface area contributed by atoms with E-state index in [1.54, 1.807) is 6.92 Å². The lowest BCUT2D eigenvalue weighted by atomic mass is 9.76. The normalized spacial score (nSPS) is 19.8. The van der Waals surface area contributed by atoms with E-state index in [2.05, 4.69) is 18.8 Å². The Kier molecular flexibility index (Phi) is 7.48. The second kappa shape index (κ2) is 8.40. The van der Waals surface area contributed by atoms with Crippen LogP contribution < -0.4 is 5.32 Å². The Morgan fingerprint density at radius 1 is 1.23 bits per heavy atom. The fourth-order valence-electron chi connectivity index (χ4n) is 3.42. The maximum absolute atomic E-state index is 12.6. The van der Waals surface area contributed by atoms with Gasteiger partial charge in [0, 0.05) is 11.0 Å². The predicted molar refractivity (Wildman–Crippen MR) is 96.1 cm³/mol. The SMILES string of the molecule is C=C(/C(Cl)=C(\C)Cl)[C@@H](NC(=O)C(CC)CC)C1(C)CCCC1. The van der Waals surface area contributed by atoms with Crippen LogP contribution in [0.15, 0.2) is 22.2 Å². The van der Waals surface area contributed by atoms with Gasteiger partial charge in [0.2, 0.25) is 5.91 Å². The van der Waals surface area contributed by atoms with Gasteiger partial charge in [-0.25, -0.2) is 0 Å². The molecule has 0 radical (unpaired) electrons. The summed E-state index contributed by atoms with van der Waals surface area (Å²) in [4.78, 5) is 12.6. The lowest BCUT2D eigenvalue weighted by Crippen LogP contribution is -2.48. The zero-order chi connectivity index (χ0) is 16.9. The number of rotatable bonds is 7. The Balaban J connectivity index is 3.05. The van der Waals surface area contributed by atoms with Gasteiger partial charge in [0.25, 0.3) is 0 Å². The molecule has 0 aromatic carbocycles. The number of halogens is 2. The molecule has 0 aliphatic heterocycles. The summed E-state index contributed by atoms with van der Waals surface area (Å²) in [5.74, 6) is 0.140. The third kappa shape index (κ3) is 4.52. The summed E-state index contributed by atoms with van der Waals surface area (Å²) in [6.45, 7) is 12.2. The van der Waals surface area contributed by atoms with Crippen LogP contribution in [0.1, 0.15) is 66.2 Å². The third-order valence-electron chi connectivity index (χ3n) is 5.02. The summed E-state index contributed by atoms with van der Waals surface area (Å²) in [6.07, 6.45) is 6.20. The molecule has 1 fully saturated rings. The molecule has 4 heteroatoms. The molecule has 0 aromatic rings. The zero-order valence-electron chi connectivity index (χ0n) is 14.3. The van der Waals surface area contributed by atoms with E-state index in [1.807, 2.05) is 13.8 Å². The fraction of sp³-hybridized carbons (Fsp3) is 0.722. The first-order valence-corrected chi connectivity index (χ1v) is 9.03. The van der Waals surface area contributed by atoms with E-state index < -0.39 is 0 Å². The van der Waals surface area contributed by atoms with Crippen LogP contribution in [0.5, 0.6) is 0 Å². The van der Waals surface area contributed by atoms with E-state index in [4.69, 9.17) is 23.2 Å². The van der Waals surface area contributed by atoms with Crippen molar-refractivity contribution in [2.24, 2.45) is 11.3 Å². The molecule has 1 aliphatic carbocycles. The Bertz CT molecular complexity index is 442. The van der Waals surface area contributed by atoms with Gasteiger partial charge in [0.15, 0.2) is 0 Å². The number of hydrogen-bond acceptors (Lipinski definition) is 1. The molecule has 1 amide bonds. The van der Waals surface area contributed by atoms with Gasteiger partial charge in [-0.3, -0.25) is 4.79 Å². The molecule has 1 atom stereocenters. The second-order valence-electron chi connectivity index (χ2n) is 6.69. The van der Waals surface area contributed by atoms with Crippen molar-refractivity contribution in [2.45, 2.75) is 72.3 Å². The molecule has 0 unspecified atom stereocenters. The summed E-state index contributed by atoms with van der Waals surface area (Å²) in [6, 6.07) is -0.149. The van der Waals surface area contributed by atoms with E-state index in [-0.39, 0.29) is 23.3 Å². The van der Waals surface area contributed by atoms with Crippen molar-refractivity contribution in [1.82, 2.24) is 5.32 Å². The lowest BCUT2D eigenvalue weighted by molar-refractivity contribution is -0.126. The highest BCUT2D eigenvalue weighted by atomic mass is 35.5. The van der Waals surface area contributed by atoms with E-state index >= 15 is 0 Å². The van der Waals surface area contributed by atoms with Crippen LogP contribution in [0, 0.1) is 11.3 Å². The van der Waals surface area contributed by atoms with Gasteiger partial charge < -0.3 is 5.32 Å². The van der Waals surface area contributed by atoms with Crippen molar-refractivity contribution < 1.29 is 4.79 Å². The standard InChI is InChI=1S/C18H29Cl2NO/c1-6-14(7-2)17(22)21-16(12(3)15(20)13(4)19)18(5)10-8-9-11-18/h14,16H,3,6-11H2,1-2,4-5H3,(H,21,22)/b15-13-/t16-/m1/s1. The maximum Gasteiger partial charge on any atom is 0.223 e. The lowest BCUT2D eigenvalue weighted by Gasteiger charge is -2.37. The van der Waals surface area contributed by atoms with Gasteiger partial charge in [-0.2, -0.15) is 0 Å². The Labute approximate surface area is 145 Å². The monoisotopic (exact) mass is 345 g/mol. The molecule has 1 aliphatic rings. The Morgan fingerprint density at radius 3 is 2.14 bits per heavy atom. The molecule has 1 saturated carbocycles. The molecule has 2 nitrogen and oxygen atoms in total. The molecule has 0 aromatic heterocycles. The first-order chi connectivity index (χ1) is 10.3. The first kappa shape index (κ1) is 19.6. The summed E-state index contributed by atoms with van der Waals surface area (Å²) in [5.41, 5.74) is 0.739. The van der Waals surface area contributed by atoms with Crippen LogP contribution in [-0.2, 0) is 4.79 Å². The summed E-state index contributed by atoms with van der Waals surface area (Å²) < 4.78 is 0. The molecule has 0 spiro atoms. The molecule has 0 heterocycles. The minimum Gasteiger partial charge on any atom is -0.348 e. The predicted octanol–water partition coefficient (Wildman–Crippen LogP) is 5.75. The highest BCUT2D eigenvalue weighted by Gasteiger charge is 2.40. The second-order valence-corrected chi connectivity index (χ2v) is 7.63. The Hall–Kier alpha value is -0.470. The van der Waals surface area contributed by atoms with Crippen molar-refractivity contribution in [3.8, 4) is 0 Å². The molecule has 1 N–H and O–H groups in total. The van der Waals surface area contributed by atoms with Crippen molar-refractivity contribution in [1.29, 1.82) is 0 Å². The largest absolute Gasteiger partial charge is 0.348 e. The van der Waals surface area contributed by atoms with Crippen LogP contribution >= 0.6 is 23.2 Å². The quantitative estimate of drug-likeness (QED) is 0.584. The van der Waals surface area contributed by atoms with E-state index in [1.165, 1.54) is 12.8 Å². The van der Waals surface area contributed by atoms with Crippen LogP contribution in [0.2, 0.25) is 0 Å². The average molecular weight is 346 g/mol. The van der Waals surface area contributed by atoms with Crippen LogP contribution in [0.25, 0.3) is 0 Å². The minimum atomic E-state index is -0.149. The third-order valence-corrected chi connectivity index (χ3v) is 5.83. The molecule has 126 valence electrons. The van der Waals surface area contributed by atoms with Gasteiger partial charge in [0.1, 0.15) is 0 Å². The van der Waals surface area contributed by atoms with Gasteiger partial charge in [-0.15, -0.1) is 0 Å². The molecule has 0 saturated heterocycles. The molecular weight excluding hydrogens is 317 g/mol. The average Bonchev–Trinajstić information content (AvgIpc) is 2.92. The highest BCUT2D eigenvalue weighted by Crippen LogP contribution is 2.44. The van der Waals surface area contributed by atoms with E-state index in [9.17, 15) is 4.79 Å². The van der Waals surface area contributed by atoms with Crippen molar-refractivity contribution in [2.75, 3.05) is 0 Å². The summed E-state index contributed by atoms with van der Waals surface area (Å²) in [5, 5.41) is 4.22. The van der Waals surface area contributed by atoms with E-state index in [0.29, 0.717) is 10.1 Å². The molecule has 0 bridgehead atoms. The van der Waals surface area contributed by atoms with E-state index in [0.717, 1.165) is 31.3 Å². The molecule has 22 heavy (non-hydrogen) atoms. The topological polar surface area (TPSA) is 29.1 Å². The van der Waals surface area contributed by atoms with Crippen molar-refractivity contribution in [3.63, 3.8) is 0 Å². The van der Waals surface area contributed by atoms with Crippen molar-refractivity contribution >= 4 is 29.1 Å². The summed E-state index contributed by atoms with van der Waals surface area (Å²) in [7, 11) is 0. The van der Waals surface area contributed by atoms with Gasteiger partial charge in [-0.1, -0.05) is 63.4 Å². The van der Waals surface area contributed by atoms with Crippen molar-refractivity contribution in [3.05, 3.63) is 22.2 Å². The number of nitrogens with one attached hydrogen (secondary N) is 1. The Morgan fingerprint density at radius 2 is 1.73 bits per heavy atom. The van der Waals surface area contributed by atoms with Crippen LogP contribution in [0.4, 0.5) is 0 Å². The smallest absolute Gasteiger partial charge is 0.223 e. The molecular formula is C18H29Cl2NO. The van der Waals surface area contributed by atoms with Crippen LogP contribution in [0.3, 0.4) is 0 Å². The van der Waals surface area contributed by atoms with Gasteiger partial charge in [0.05, 0.1) is 11.1 Å². The summed E-state index contributed by atoms with van der Waals surface area (Å²) >= 11 is 12.4. The molecule has 1 rings (SSSR count). The highest BCUT2D eigenvalue weighted by molar-refractivity contribution is 6.40. The zero-order valence-corrected chi connectivity index (χ0v) is 15.8. The van der Waals surface area contributed by atoms with Gasteiger partial charge >= 0.3 is 0 Å². The number of hydrogen-bond donors (Lipinski definition) is 1. The number of amides is 1. The fourth-order valence-corrected chi connectivity index (χ4v) is 3.65. The minimum absolute atomic E-state index is 0.00521. The van der Waals surface area contributed by atoms with Crippen LogP contribution in [-0.4, -0.2) is 11.9 Å². The number of carbonyl (C=O) groups excluding carboxylic acids is 1. The number of allylic oxidation sites excluding steroid dienone is 1. The number of carbonyl (C=O) groups is 1. The maximum atomic E-state index is 12.6.